The van der Waals surface area contributed by atoms with Crippen molar-refractivity contribution in [1.29, 1.82) is 0 Å². The van der Waals surface area contributed by atoms with E-state index in [0.717, 1.165) is 0 Å². The van der Waals surface area contributed by atoms with Gasteiger partial charge in [0, 0.05) is 0 Å². The van der Waals surface area contributed by atoms with E-state index in [2.05, 4.69) is 199 Å². The van der Waals surface area contributed by atoms with Gasteiger partial charge in [0.05, 0.1) is 0 Å². The fourth-order valence-corrected chi connectivity index (χ4v) is 8.97. The molecule has 0 unspecified atom stereocenters. The van der Waals surface area contributed by atoms with Crippen molar-refractivity contribution in [3.63, 3.8) is 0 Å². The zero-order chi connectivity index (χ0) is 47.1. The summed E-state index contributed by atoms with van der Waals surface area (Å²) in [5.74, 6) is 0. The van der Waals surface area contributed by atoms with Crippen LogP contribution in [0.25, 0.3) is 86.2 Å². The molecule has 0 bridgehead atoms. The Morgan fingerprint density at radius 2 is 0.453 bits per heavy atom. The van der Waals surface area contributed by atoms with Crippen molar-refractivity contribution in [1.82, 2.24) is 0 Å². The maximum Gasteiger partial charge on any atom is -0.00240 e. The van der Waals surface area contributed by atoms with Crippen molar-refractivity contribution in [3.05, 3.63) is 191 Å². The number of fused-ring (bicyclic) bond motifs is 7. The summed E-state index contributed by atoms with van der Waals surface area (Å²) in [5, 5.41) is 22.0. The number of hydrogen-bond acceptors (Lipinski definition) is 0. The average molecular weight is 843 g/mol. The first-order valence-corrected chi connectivity index (χ1v) is 24.1. The molecule has 0 spiro atoms. The van der Waals surface area contributed by atoms with Crippen LogP contribution in [-0.4, -0.2) is 0 Å². The molecule has 0 aliphatic carbocycles. The molecular formula is C64H74. The molecule has 64 heavy (non-hydrogen) atoms. The number of hydrogen-bond donors (Lipinski definition) is 0. The third-order valence-electron chi connectivity index (χ3n) is 11.9. The van der Waals surface area contributed by atoms with Gasteiger partial charge in [-0.05, 0) is 161 Å². The molecule has 0 saturated heterocycles. The van der Waals surface area contributed by atoms with Gasteiger partial charge in [0.15, 0.2) is 0 Å². The van der Waals surface area contributed by atoms with Gasteiger partial charge in [-0.2, -0.15) is 0 Å². The van der Waals surface area contributed by atoms with E-state index in [4.69, 9.17) is 0 Å². The lowest BCUT2D eigenvalue weighted by Gasteiger charge is -2.13. The molecule has 0 aliphatic heterocycles. The SMILES string of the molecule is CC.CC.CC.CC.CC.Cc1c2ccccc2c(C)c2ccccc12.Cc1cc2c3ccccc3c(C)cc2c2ccccc12.Cc1ccc2ccc3c(C)ccc4ccc1c2c43. The van der Waals surface area contributed by atoms with E-state index in [0.29, 0.717) is 0 Å². The summed E-state index contributed by atoms with van der Waals surface area (Å²) in [4.78, 5) is 0. The second kappa shape index (κ2) is 24.0. The number of rotatable bonds is 0. The molecule has 0 radical (unpaired) electrons. The van der Waals surface area contributed by atoms with E-state index < -0.39 is 0 Å². The van der Waals surface area contributed by atoms with E-state index in [1.165, 1.54) is 120 Å². The Labute approximate surface area is 386 Å². The van der Waals surface area contributed by atoms with Crippen molar-refractivity contribution < 1.29 is 0 Å². The Morgan fingerprint density at radius 3 is 0.750 bits per heavy atom. The maximum atomic E-state index is 2.33. The van der Waals surface area contributed by atoms with Crippen LogP contribution in [-0.2, 0) is 0 Å². The van der Waals surface area contributed by atoms with E-state index in [-0.39, 0.29) is 0 Å². The van der Waals surface area contributed by atoms with Crippen LogP contribution in [0, 0.1) is 41.5 Å². The van der Waals surface area contributed by atoms with Crippen molar-refractivity contribution in [2.45, 2.75) is 111 Å². The fourth-order valence-electron chi connectivity index (χ4n) is 8.97. The highest BCUT2D eigenvalue weighted by Crippen LogP contribution is 2.38. The third kappa shape index (κ3) is 9.93. The van der Waals surface area contributed by atoms with E-state index in [1.54, 1.807) is 0 Å². The number of benzene rings is 11. The zero-order valence-corrected chi connectivity index (χ0v) is 42.0. The summed E-state index contributed by atoms with van der Waals surface area (Å²) >= 11 is 0. The minimum atomic E-state index is 1.35. The third-order valence-corrected chi connectivity index (χ3v) is 11.9. The molecule has 0 N–H and O–H groups in total. The highest BCUT2D eigenvalue weighted by atomic mass is 14.2. The van der Waals surface area contributed by atoms with Crippen molar-refractivity contribution in [3.8, 4) is 0 Å². The van der Waals surface area contributed by atoms with Gasteiger partial charge in [0.25, 0.3) is 0 Å². The minimum Gasteiger partial charge on any atom is -0.0683 e. The van der Waals surface area contributed by atoms with Crippen molar-refractivity contribution in [2.75, 3.05) is 0 Å². The second-order valence-electron chi connectivity index (χ2n) is 15.1. The molecule has 11 aromatic carbocycles. The molecular weight excluding hydrogens is 769 g/mol. The van der Waals surface area contributed by atoms with Gasteiger partial charge in [0.1, 0.15) is 0 Å². The second-order valence-corrected chi connectivity index (χ2v) is 15.1. The van der Waals surface area contributed by atoms with Gasteiger partial charge >= 0.3 is 0 Å². The van der Waals surface area contributed by atoms with E-state index in [9.17, 15) is 0 Å². The first kappa shape index (κ1) is 50.4. The summed E-state index contributed by atoms with van der Waals surface area (Å²) < 4.78 is 0. The molecule has 0 saturated carbocycles. The van der Waals surface area contributed by atoms with Gasteiger partial charge in [0.2, 0.25) is 0 Å². The van der Waals surface area contributed by atoms with Gasteiger partial charge in [-0.3, -0.25) is 0 Å². The van der Waals surface area contributed by atoms with Crippen LogP contribution >= 0.6 is 0 Å². The maximum absolute atomic E-state index is 2.33. The van der Waals surface area contributed by atoms with Crippen LogP contribution in [0.5, 0.6) is 0 Å². The lowest BCUT2D eigenvalue weighted by molar-refractivity contribution is 1.50. The van der Waals surface area contributed by atoms with E-state index >= 15 is 0 Å². The minimum absolute atomic E-state index is 1.35. The standard InChI is InChI=1S/C20H16.C18H14.C16H14.5C2H6/c1-13-11-19-18-10-6-4-8-16(18)14(2)12-20(19)17-9-5-3-7-15(13)17;1-11-3-5-13-8-10-16-12(2)4-6-14-7-9-15(11)17(13)18(14)16;1-11-13-7-3-5-9-15(13)12(2)16-10-6-4-8-14(11)16;5*1-2/h3-12H,1-2H3;3-10H,1-2H3;3-10H,1-2H3;5*1-2H3. The Bertz CT molecular complexity index is 2940. The molecule has 0 aliphatic rings. The van der Waals surface area contributed by atoms with Gasteiger partial charge in [-0.25, -0.2) is 0 Å². The summed E-state index contributed by atoms with van der Waals surface area (Å²) in [5.41, 5.74) is 8.19. The van der Waals surface area contributed by atoms with Crippen LogP contribution in [0.1, 0.15) is 103 Å². The predicted molar refractivity (Wildman–Crippen MR) is 296 cm³/mol. The molecule has 0 fully saturated rings. The lowest BCUT2D eigenvalue weighted by Crippen LogP contribution is -1.87. The Kier molecular flexibility index (Phi) is 18.9. The quantitative estimate of drug-likeness (QED) is 0.105. The molecule has 330 valence electrons. The summed E-state index contributed by atoms with van der Waals surface area (Å²) in [6, 6.07) is 57.3. The first-order valence-electron chi connectivity index (χ1n) is 24.1. The van der Waals surface area contributed by atoms with Crippen molar-refractivity contribution in [2.24, 2.45) is 0 Å². The largest absolute Gasteiger partial charge is 0.0683 e. The monoisotopic (exact) mass is 843 g/mol. The topological polar surface area (TPSA) is 0 Å². The van der Waals surface area contributed by atoms with Crippen LogP contribution in [0.3, 0.4) is 0 Å². The van der Waals surface area contributed by atoms with E-state index in [1.807, 2.05) is 69.2 Å². The predicted octanol–water partition coefficient (Wildman–Crippen LogP) is 20.7. The molecule has 0 amide bonds. The zero-order valence-electron chi connectivity index (χ0n) is 42.0. The Balaban J connectivity index is 0.000000192. The Morgan fingerprint density at radius 1 is 0.203 bits per heavy atom. The summed E-state index contributed by atoms with van der Waals surface area (Å²) in [7, 11) is 0. The molecule has 11 rings (SSSR count). The van der Waals surface area contributed by atoms with Gasteiger partial charge < -0.3 is 0 Å². The lowest BCUT2D eigenvalue weighted by atomic mass is 9.91. The fraction of sp³-hybridized carbons (Fsp3) is 0.250. The van der Waals surface area contributed by atoms with Crippen LogP contribution < -0.4 is 0 Å². The van der Waals surface area contributed by atoms with Crippen LogP contribution in [0.4, 0.5) is 0 Å². The molecule has 0 aromatic heterocycles. The molecule has 11 aromatic rings. The summed E-state index contributed by atoms with van der Waals surface area (Å²) in [6.07, 6.45) is 0. The van der Waals surface area contributed by atoms with Gasteiger partial charge in [-0.1, -0.05) is 227 Å². The Hall–Kier alpha value is -6.24. The normalized spacial score (nSPS) is 10.2. The highest BCUT2D eigenvalue weighted by molar-refractivity contribution is 6.24. The molecule has 0 heteroatoms. The average Bonchev–Trinajstić information content (AvgIpc) is 3.38. The smallest absolute Gasteiger partial charge is 0.00240 e. The number of aryl methyl sites for hydroxylation is 6. The molecule has 0 nitrogen and oxygen atoms in total. The summed E-state index contributed by atoms with van der Waals surface area (Å²) in [6.45, 7) is 33.2. The van der Waals surface area contributed by atoms with Crippen LogP contribution in [0.15, 0.2) is 158 Å². The molecule has 0 atom stereocenters. The van der Waals surface area contributed by atoms with Gasteiger partial charge in [-0.15, -0.1) is 0 Å². The first-order chi connectivity index (χ1) is 31.3. The molecule has 0 heterocycles. The highest BCUT2D eigenvalue weighted by Gasteiger charge is 2.11. The van der Waals surface area contributed by atoms with Crippen molar-refractivity contribution >= 4 is 86.2 Å². The van der Waals surface area contributed by atoms with Crippen LogP contribution in [0.2, 0.25) is 0 Å².